The highest BCUT2D eigenvalue weighted by atomic mass is 16.4. The zero-order valence-corrected chi connectivity index (χ0v) is 15.9. The molecule has 5 nitrogen and oxygen atoms in total. The Morgan fingerprint density at radius 2 is 1.70 bits per heavy atom. The lowest BCUT2D eigenvalue weighted by Crippen LogP contribution is -2.44. The lowest BCUT2D eigenvalue weighted by Gasteiger charge is -2.35. The maximum Gasteiger partial charge on any atom is 0.230 e. The van der Waals surface area contributed by atoms with Gasteiger partial charge in [0.1, 0.15) is 0 Å². The topological polar surface area (TPSA) is 45.4 Å². The second-order valence-corrected chi connectivity index (χ2v) is 9.12. The van der Waals surface area contributed by atoms with Gasteiger partial charge in [-0.3, -0.25) is 9.80 Å². The molecule has 4 fully saturated rings. The molecule has 2 aromatic rings. The SMILES string of the molecule is c1ccc2c(c1)CC(N1C[C@@H]3CC[C@H](C1)N(Cc1nnc(C4CC4)o1)C3)C2. The molecule has 1 aromatic carbocycles. The fourth-order valence-corrected chi connectivity index (χ4v) is 5.50. The number of benzene rings is 1. The molecule has 3 saturated heterocycles. The molecule has 0 unspecified atom stereocenters. The number of fused-ring (bicyclic) bond motifs is 5. The van der Waals surface area contributed by atoms with Gasteiger partial charge in [0.15, 0.2) is 0 Å². The number of aromatic nitrogens is 2. The highest BCUT2D eigenvalue weighted by Crippen LogP contribution is 2.39. The van der Waals surface area contributed by atoms with E-state index >= 15 is 0 Å². The summed E-state index contributed by atoms with van der Waals surface area (Å²) in [4.78, 5) is 5.42. The third kappa shape index (κ3) is 3.11. The second kappa shape index (κ2) is 6.42. The Kier molecular flexibility index (Phi) is 3.86. The van der Waals surface area contributed by atoms with E-state index in [1.54, 1.807) is 11.1 Å². The van der Waals surface area contributed by atoms with Crippen LogP contribution in [0.1, 0.15) is 54.5 Å². The van der Waals surface area contributed by atoms with Gasteiger partial charge in [0, 0.05) is 37.6 Å². The molecule has 2 bridgehead atoms. The summed E-state index contributed by atoms with van der Waals surface area (Å²) in [6.45, 7) is 4.46. The quantitative estimate of drug-likeness (QED) is 0.834. The Labute approximate surface area is 160 Å². The number of nitrogens with zero attached hydrogens (tertiary/aromatic N) is 4. The largest absolute Gasteiger partial charge is 0.424 e. The molecule has 0 N–H and O–H groups in total. The Balaban J connectivity index is 1.15. The number of rotatable bonds is 4. The van der Waals surface area contributed by atoms with Gasteiger partial charge in [0.05, 0.1) is 6.54 Å². The van der Waals surface area contributed by atoms with Crippen molar-refractivity contribution < 1.29 is 4.42 Å². The van der Waals surface area contributed by atoms with Crippen molar-refractivity contribution >= 4 is 0 Å². The predicted octanol–water partition coefficient (Wildman–Crippen LogP) is 3.01. The average Bonchev–Trinajstić information content (AvgIpc) is 3.38. The summed E-state index contributed by atoms with van der Waals surface area (Å²) in [6.07, 6.45) is 7.57. The molecule has 0 spiro atoms. The molecule has 0 radical (unpaired) electrons. The predicted molar refractivity (Wildman–Crippen MR) is 102 cm³/mol. The van der Waals surface area contributed by atoms with Crippen molar-refractivity contribution in [2.24, 2.45) is 5.92 Å². The summed E-state index contributed by atoms with van der Waals surface area (Å²) in [5, 5.41) is 8.61. The average molecular weight is 364 g/mol. The highest BCUT2D eigenvalue weighted by molar-refractivity contribution is 5.33. The van der Waals surface area contributed by atoms with E-state index < -0.39 is 0 Å². The van der Waals surface area contributed by atoms with E-state index in [-0.39, 0.29) is 0 Å². The van der Waals surface area contributed by atoms with Crippen LogP contribution in [0.25, 0.3) is 0 Å². The molecule has 1 aromatic heterocycles. The van der Waals surface area contributed by atoms with Crippen LogP contribution in [-0.4, -0.2) is 51.7 Å². The first kappa shape index (κ1) is 16.3. The van der Waals surface area contributed by atoms with Gasteiger partial charge in [0.25, 0.3) is 0 Å². The van der Waals surface area contributed by atoms with Gasteiger partial charge in [-0.1, -0.05) is 24.3 Å². The van der Waals surface area contributed by atoms with E-state index in [4.69, 9.17) is 4.42 Å². The van der Waals surface area contributed by atoms with Gasteiger partial charge in [-0.2, -0.15) is 0 Å². The van der Waals surface area contributed by atoms with Crippen LogP contribution in [0, 0.1) is 5.92 Å². The third-order valence-corrected chi connectivity index (χ3v) is 7.15. The lowest BCUT2D eigenvalue weighted by atomic mass is 9.95. The monoisotopic (exact) mass is 364 g/mol. The van der Waals surface area contributed by atoms with Gasteiger partial charge in [-0.25, -0.2) is 0 Å². The van der Waals surface area contributed by atoms with Crippen LogP contribution in [0.4, 0.5) is 0 Å². The molecule has 27 heavy (non-hydrogen) atoms. The number of hydrogen-bond donors (Lipinski definition) is 0. The first-order valence-corrected chi connectivity index (χ1v) is 10.7. The summed E-state index contributed by atoms with van der Waals surface area (Å²) in [7, 11) is 0. The molecule has 4 heterocycles. The smallest absolute Gasteiger partial charge is 0.230 e. The summed E-state index contributed by atoms with van der Waals surface area (Å²) in [5.74, 6) is 3.02. The van der Waals surface area contributed by atoms with Crippen molar-refractivity contribution in [3.8, 4) is 0 Å². The van der Waals surface area contributed by atoms with Crippen LogP contribution < -0.4 is 0 Å². The molecule has 7 rings (SSSR count). The fourth-order valence-electron chi connectivity index (χ4n) is 5.50. The molecular weight excluding hydrogens is 336 g/mol. The lowest BCUT2D eigenvalue weighted by molar-refractivity contribution is 0.109. The maximum atomic E-state index is 5.95. The van der Waals surface area contributed by atoms with Crippen LogP contribution in [0.2, 0.25) is 0 Å². The second-order valence-electron chi connectivity index (χ2n) is 9.12. The Morgan fingerprint density at radius 3 is 2.48 bits per heavy atom. The molecule has 0 amide bonds. The van der Waals surface area contributed by atoms with Gasteiger partial charge < -0.3 is 4.42 Å². The molecular formula is C22H28N4O. The molecule has 5 heteroatoms. The highest BCUT2D eigenvalue weighted by Gasteiger charge is 2.39. The van der Waals surface area contributed by atoms with Crippen molar-refractivity contribution in [1.29, 1.82) is 0 Å². The van der Waals surface area contributed by atoms with E-state index in [0.717, 1.165) is 24.2 Å². The molecule has 1 saturated carbocycles. The first-order chi connectivity index (χ1) is 13.3. The summed E-state index contributed by atoms with van der Waals surface area (Å²) in [5.41, 5.74) is 3.13. The first-order valence-electron chi connectivity index (χ1n) is 10.7. The van der Waals surface area contributed by atoms with E-state index in [2.05, 4.69) is 44.3 Å². The minimum atomic E-state index is 0.548. The Morgan fingerprint density at radius 1 is 0.889 bits per heavy atom. The van der Waals surface area contributed by atoms with Crippen LogP contribution in [0.5, 0.6) is 0 Å². The van der Waals surface area contributed by atoms with Gasteiger partial charge in [0.2, 0.25) is 11.8 Å². The molecule has 2 atom stereocenters. The summed E-state index contributed by atoms with van der Waals surface area (Å²) in [6, 6.07) is 10.3. The molecule has 3 aliphatic heterocycles. The normalized spacial score (nSPS) is 29.2. The van der Waals surface area contributed by atoms with Gasteiger partial charge in [-0.15, -0.1) is 10.2 Å². The van der Waals surface area contributed by atoms with E-state index in [0.29, 0.717) is 18.0 Å². The molecule has 5 aliphatic rings. The van der Waals surface area contributed by atoms with Crippen LogP contribution in [0.3, 0.4) is 0 Å². The van der Waals surface area contributed by atoms with Crippen molar-refractivity contribution in [3.05, 3.63) is 47.2 Å². The summed E-state index contributed by atoms with van der Waals surface area (Å²) < 4.78 is 5.95. The Bertz CT molecular complexity index is 804. The van der Waals surface area contributed by atoms with E-state index in [9.17, 15) is 0 Å². The van der Waals surface area contributed by atoms with Gasteiger partial charge in [-0.05, 0) is 55.6 Å². The third-order valence-electron chi connectivity index (χ3n) is 7.15. The molecule has 142 valence electrons. The van der Waals surface area contributed by atoms with Crippen LogP contribution >= 0.6 is 0 Å². The number of hydrogen-bond acceptors (Lipinski definition) is 5. The number of piperidine rings is 1. The fraction of sp³-hybridized carbons (Fsp3) is 0.636. The summed E-state index contributed by atoms with van der Waals surface area (Å²) >= 11 is 0. The van der Waals surface area contributed by atoms with E-state index in [1.807, 2.05) is 0 Å². The Hall–Kier alpha value is -1.72. The van der Waals surface area contributed by atoms with Crippen molar-refractivity contribution in [3.63, 3.8) is 0 Å². The minimum Gasteiger partial charge on any atom is -0.424 e. The van der Waals surface area contributed by atoms with Crippen LogP contribution in [0.15, 0.2) is 28.7 Å². The van der Waals surface area contributed by atoms with Crippen molar-refractivity contribution in [1.82, 2.24) is 20.0 Å². The van der Waals surface area contributed by atoms with E-state index in [1.165, 1.54) is 58.2 Å². The maximum absolute atomic E-state index is 5.95. The zero-order valence-electron chi connectivity index (χ0n) is 15.9. The standard InChI is InChI=1S/C22H28N4O/c1-2-4-18-10-20(9-17(18)3-1)25-11-15-5-8-19(13-25)26(12-15)14-21-23-24-22(27-21)16-6-7-16/h1-4,15-16,19-20H,5-14H2/t15-,19+/m0/s1. The van der Waals surface area contributed by atoms with Crippen molar-refractivity contribution in [2.45, 2.75) is 63.1 Å². The van der Waals surface area contributed by atoms with Crippen LogP contribution in [-0.2, 0) is 19.4 Å². The minimum absolute atomic E-state index is 0.548. The van der Waals surface area contributed by atoms with Crippen molar-refractivity contribution in [2.75, 3.05) is 19.6 Å². The van der Waals surface area contributed by atoms with Gasteiger partial charge >= 0.3 is 0 Å². The molecule has 2 aliphatic carbocycles. The zero-order chi connectivity index (χ0) is 17.8.